The Bertz CT molecular complexity index is 731. The monoisotopic (exact) mass is 358 g/mol. The van der Waals surface area contributed by atoms with Crippen LogP contribution in [0.15, 0.2) is 48.5 Å². The molecular formula is C19H22N2O5. The van der Waals surface area contributed by atoms with Crippen LogP contribution in [0.3, 0.4) is 0 Å². The highest BCUT2D eigenvalue weighted by Crippen LogP contribution is 2.25. The lowest BCUT2D eigenvalue weighted by molar-refractivity contribution is -0.385. The van der Waals surface area contributed by atoms with E-state index in [1.54, 1.807) is 25.3 Å². The first-order valence-electron chi connectivity index (χ1n) is 8.36. The van der Waals surface area contributed by atoms with Gasteiger partial charge in [0, 0.05) is 19.0 Å². The van der Waals surface area contributed by atoms with Gasteiger partial charge in [0.2, 0.25) is 5.91 Å². The average molecular weight is 358 g/mol. The first-order valence-corrected chi connectivity index (χ1v) is 8.36. The maximum absolute atomic E-state index is 11.8. The molecule has 0 aliphatic rings. The summed E-state index contributed by atoms with van der Waals surface area (Å²) in [7, 11) is 1.62. The zero-order valence-electron chi connectivity index (χ0n) is 14.6. The van der Waals surface area contributed by atoms with Crippen molar-refractivity contribution in [2.24, 2.45) is 0 Å². The summed E-state index contributed by atoms with van der Waals surface area (Å²) in [6.45, 7) is 0.799. The molecule has 2 rings (SSSR count). The topological polar surface area (TPSA) is 90.7 Å². The van der Waals surface area contributed by atoms with E-state index in [0.717, 1.165) is 17.7 Å². The number of carbonyl (C=O) groups excluding carboxylic acids is 1. The summed E-state index contributed by atoms with van der Waals surface area (Å²) in [6.07, 6.45) is 1.53. The Balaban J connectivity index is 1.64. The summed E-state index contributed by atoms with van der Waals surface area (Å²) in [4.78, 5) is 22.2. The molecule has 0 bridgehead atoms. The van der Waals surface area contributed by atoms with Crippen molar-refractivity contribution < 1.29 is 19.2 Å². The molecule has 0 unspecified atom stereocenters. The van der Waals surface area contributed by atoms with Gasteiger partial charge in [-0.15, -0.1) is 0 Å². The molecule has 0 aliphatic heterocycles. The zero-order valence-corrected chi connectivity index (χ0v) is 14.6. The van der Waals surface area contributed by atoms with Gasteiger partial charge in [-0.3, -0.25) is 14.9 Å². The number of carbonyl (C=O) groups is 1. The molecular weight excluding hydrogens is 336 g/mol. The zero-order chi connectivity index (χ0) is 18.8. The highest BCUT2D eigenvalue weighted by Gasteiger charge is 2.13. The highest BCUT2D eigenvalue weighted by molar-refractivity contribution is 5.75. The molecule has 0 heterocycles. The minimum atomic E-state index is -0.485. The first kappa shape index (κ1) is 19.2. The van der Waals surface area contributed by atoms with E-state index >= 15 is 0 Å². The van der Waals surface area contributed by atoms with Gasteiger partial charge in [0.25, 0.3) is 0 Å². The molecule has 7 nitrogen and oxygen atoms in total. The van der Waals surface area contributed by atoms with Crippen molar-refractivity contribution in [3.05, 3.63) is 64.2 Å². The number of para-hydroxylation sites is 2. The van der Waals surface area contributed by atoms with Crippen LogP contribution in [-0.2, 0) is 11.2 Å². The van der Waals surface area contributed by atoms with Crippen LogP contribution in [0.4, 0.5) is 5.69 Å². The minimum absolute atomic E-state index is 0.0651. The highest BCUT2D eigenvalue weighted by atomic mass is 16.6. The molecule has 0 fully saturated rings. The Morgan fingerprint density at radius 1 is 1.15 bits per heavy atom. The van der Waals surface area contributed by atoms with Gasteiger partial charge < -0.3 is 14.8 Å². The molecule has 1 N–H and O–H groups in total. The lowest BCUT2D eigenvalue weighted by Gasteiger charge is -2.08. The molecule has 0 atom stereocenters. The van der Waals surface area contributed by atoms with Gasteiger partial charge in [0.05, 0.1) is 18.6 Å². The molecule has 26 heavy (non-hydrogen) atoms. The van der Waals surface area contributed by atoms with E-state index in [2.05, 4.69) is 5.32 Å². The van der Waals surface area contributed by atoms with Crippen LogP contribution in [0.5, 0.6) is 11.5 Å². The molecule has 0 saturated heterocycles. The van der Waals surface area contributed by atoms with Crippen molar-refractivity contribution in [3.8, 4) is 11.5 Å². The largest absolute Gasteiger partial charge is 0.497 e. The number of methoxy groups -OCH3 is 1. The van der Waals surface area contributed by atoms with E-state index < -0.39 is 4.92 Å². The second kappa shape index (κ2) is 10.0. The Morgan fingerprint density at radius 2 is 1.88 bits per heavy atom. The van der Waals surface area contributed by atoms with Crippen LogP contribution >= 0.6 is 0 Å². The summed E-state index contributed by atoms with van der Waals surface area (Å²) in [5.74, 6) is 0.957. The van der Waals surface area contributed by atoms with Crippen LogP contribution < -0.4 is 14.8 Å². The fraction of sp³-hybridized carbons (Fsp3) is 0.316. The first-order chi connectivity index (χ1) is 12.6. The molecule has 0 aromatic heterocycles. The average Bonchev–Trinajstić information content (AvgIpc) is 2.66. The quantitative estimate of drug-likeness (QED) is 0.400. The minimum Gasteiger partial charge on any atom is -0.497 e. The third-order valence-corrected chi connectivity index (χ3v) is 3.76. The fourth-order valence-corrected chi connectivity index (χ4v) is 2.37. The number of ether oxygens (including phenoxy) is 2. The lowest BCUT2D eigenvalue weighted by Crippen LogP contribution is -2.25. The Hall–Kier alpha value is -3.09. The Labute approximate surface area is 152 Å². The molecule has 2 aromatic rings. The number of nitro benzene ring substituents is 1. The van der Waals surface area contributed by atoms with Crippen LogP contribution in [0.1, 0.15) is 18.4 Å². The van der Waals surface area contributed by atoms with E-state index in [0.29, 0.717) is 19.4 Å². The molecule has 2 aromatic carbocycles. The lowest BCUT2D eigenvalue weighted by atomic mass is 10.1. The summed E-state index contributed by atoms with van der Waals surface area (Å²) in [6, 6.07) is 13.9. The molecule has 0 radical (unpaired) electrons. The SMILES string of the molecule is COc1ccc(CCNC(=O)CCCOc2ccccc2[N+](=O)[O-])cc1. The maximum Gasteiger partial charge on any atom is 0.310 e. The van der Waals surface area contributed by atoms with E-state index in [1.807, 2.05) is 24.3 Å². The van der Waals surface area contributed by atoms with E-state index in [-0.39, 0.29) is 24.0 Å². The smallest absolute Gasteiger partial charge is 0.310 e. The normalized spacial score (nSPS) is 10.2. The molecule has 7 heteroatoms. The Morgan fingerprint density at radius 3 is 2.58 bits per heavy atom. The van der Waals surface area contributed by atoms with Gasteiger partial charge in [-0.2, -0.15) is 0 Å². The summed E-state index contributed by atoms with van der Waals surface area (Å²) >= 11 is 0. The van der Waals surface area contributed by atoms with Crippen LogP contribution in [0.25, 0.3) is 0 Å². The van der Waals surface area contributed by atoms with Crippen LogP contribution in [0.2, 0.25) is 0 Å². The second-order valence-corrected chi connectivity index (χ2v) is 5.62. The third-order valence-electron chi connectivity index (χ3n) is 3.76. The van der Waals surface area contributed by atoms with Crippen molar-refractivity contribution >= 4 is 11.6 Å². The van der Waals surface area contributed by atoms with Crippen LogP contribution in [0, 0.1) is 10.1 Å². The van der Waals surface area contributed by atoms with Crippen molar-refractivity contribution in [2.75, 3.05) is 20.3 Å². The summed E-state index contributed by atoms with van der Waals surface area (Å²) in [5.41, 5.74) is 1.04. The van der Waals surface area contributed by atoms with Gasteiger partial charge in [0.1, 0.15) is 5.75 Å². The second-order valence-electron chi connectivity index (χ2n) is 5.62. The molecule has 1 amide bonds. The summed E-state index contributed by atoms with van der Waals surface area (Å²) < 4.78 is 10.5. The number of rotatable bonds is 10. The van der Waals surface area contributed by atoms with Crippen molar-refractivity contribution in [3.63, 3.8) is 0 Å². The number of hydrogen-bond donors (Lipinski definition) is 1. The van der Waals surface area contributed by atoms with Crippen LogP contribution in [-0.4, -0.2) is 31.1 Å². The molecule has 138 valence electrons. The van der Waals surface area contributed by atoms with Gasteiger partial charge in [0.15, 0.2) is 5.75 Å². The van der Waals surface area contributed by atoms with Crippen molar-refractivity contribution in [2.45, 2.75) is 19.3 Å². The van der Waals surface area contributed by atoms with Crippen molar-refractivity contribution in [1.29, 1.82) is 0 Å². The predicted octanol–water partition coefficient (Wildman–Crippen LogP) is 3.12. The van der Waals surface area contributed by atoms with Crippen molar-refractivity contribution in [1.82, 2.24) is 5.32 Å². The van der Waals surface area contributed by atoms with Gasteiger partial charge in [-0.1, -0.05) is 24.3 Å². The number of nitrogens with zero attached hydrogens (tertiary/aromatic N) is 1. The maximum atomic E-state index is 11.8. The molecule has 0 saturated carbocycles. The van der Waals surface area contributed by atoms with Gasteiger partial charge in [-0.05, 0) is 36.6 Å². The predicted molar refractivity (Wildman–Crippen MR) is 97.5 cm³/mol. The third kappa shape index (κ3) is 6.08. The number of nitro groups is 1. The summed E-state index contributed by atoms with van der Waals surface area (Å²) in [5, 5.41) is 13.7. The van der Waals surface area contributed by atoms with Gasteiger partial charge in [-0.25, -0.2) is 0 Å². The molecule has 0 spiro atoms. The Kier molecular flexibility index (Phi) is 7.42. The van der Waals surface area contributed by atoms with Gasteiger partial charge >= 0.3 is 5.69 Å². The van der Waals surface area contributed by atoms with E-state index in [9.17, 15) is 14.9 Å². The fourth-order valence-electron chi connectivity index (χ4n) is 2.37. The molecule has 0 aliphatic carbocycles. The van der Waals surface area contributed by atoms with E-state index in [4.69, 9.17) is 9.47 Å². The number of amides is 1. The van der Waals surface area contributed by atoms with E-state index in [1.165, 1.54) is 6.07 Å². The standard InChI is InChI=1S/C19H22N2O5/c1-25-16-10-8-15(9-11-16)12-13-20-19(22)7-4-14-26-18-6-3-2-5-17(18)21(23)24/h2-3,5-6,8-11H,4,7,12-14H2,1H3,(H,20,22). The number of benzene rings is 2. The number of hydrogen-bond acceptors (Lipinski definition) is 5. The number of nitrogens with one attached hydrogen (secondary N) is 1.